The van der Waals surface area contributed by atoms with Gasteiger partial charge in [0.05, 0.1) is 0 Å². The van der Waals surface area contributed by atoms with Gasteiger partial charge in [0.25, 0.3) is 0 Å². The van der Waals surface area contributed by atoms with Crippen LogP contribution in [0.1, 0.15) is 18.6 Å². The Morgan fingerprint density at radius 1 is 1.25 bits per heavy atom. The Kier molecular flexibility index (Phi) is 4.16. The Bertz CT molecular complexity index is 375. The Hall–Kier alpha value is -1.72. The molecule has 0 radical (unpaired) electrons. The number of rotatable bonds is 3. The van der Waals surface area contributed by atoms with Crippen molar-refractivity contribution in [3.05, 3.63) is 35.9 Å². The molecular weight excluding hydrogens is 210 g/mol. The number of hydrogen-bond acceptors (Lipinski definition) is 5. The predicted molar refractivity (Wildman–Crippen MR) is 56.2 cm³/mol. The third-order valence-corrected chi connectivity index (χ3v) is 1.91. The number of nitrogens with two attached hydrogens (primary N) is 1. The first-order valence-electron chi connectivity index (χ1n) is 4.76. The minimum Gasteiger partial charge on any atom is -0.390 e. The molecule has 0 spiro atoms. The highest BCUT2D eigenvalue weighted by molar-refractivity contribution is 5.90. The number of benzene rings is 1. The fraction of sp³-hybridized carbons (Fsp3) is 0.273. The van der Waals surface area contributed by atoms with Gasteiger partial charge in [0.2, 0.25) is 0 Å². The molecule has 3 N–H and O–H groups in total. The molecule has 0 bridgehead atoms. The number of aliphatic hydroxyl groups is 1. The van der Waals surface area contributed by atoms with Crippen LogP contribution in [0.25, 0.3) is 0 Å². The van der Waals surface area contributed by atoms with Gasteiger partial charge in [-0.2, -0.15) is 0 Å². The Morgan fingerprint density at radius 2 is 1.81 bits per heavy atom. The summed E-state index contributed by atoms with van der Waals surface area (Å²) in [5.41, 5.74) is 5.58. The molecule has 1 aromatic rings. The highest BCUT2D eigenvalue weighted by Crippen LogP contribution is 2.13. The third kappa shape index (κ3) is 3.15. The van der Waals surface area contributed by atoms with Crippen molar-refractivity contribution in [1.82, 2.24) is 0 Å². The second-order valence-corrected chi connectivity index (χ2v) is 3.34. The summed E-state index contributed by atoms with van der Waals surface area (Å²) in [6.07, 6.45) is -1.47. The van der Waals surface area contributed by atoms with Crippen LogP contribution in [-0.2, 0) is 14.3 Å². The first-order valence-corrected chi connectivity index (χ1v) is 4.76. The molecule has 0 aromatic heterocycles. The molecule has 5 heteroatoms. The number of esters is 2. The summed E-state index contributed by atoms with van der Waals surface area (Å²) in [6, 6.07) is 7.30. The van der Waals surface area contributed by atoms with E-state index in [9.17, 15) is 14.7 Å². The Balaban J connectivity index is 2.65. The summed E-state index contributed by atoms with van der Waals surface area (Å²) in [5, 5.41) is 9.55. The van der Waals surface area contributed by atoms with Crippen LogP contribution in [0.2, 0.25) is 0 Å². The third-order valence-electron chi connectivity index (χ3n) is 1.91. The van der Waals surface area contributed by atoms with Crippen LogP contribution in [-0.4, -0.2) is 23.1 Å². The highest BCUT2D eigenvalue weighted by atomic mass is 16.6. The molecule has 0 heterocycles. The summed E-state index contributed by atoms with van der Waals surface area (Å²) < 4.78 is 4.38. The summed E-state index contributed by atoms with van der Waals surface area (Å²) in [6.45, 7) is 1.39. The minimum atomic E-state index is -1.47. The van der Waals surface area contributed by atoms with Crippen molar-refractivity contribution in [1.29, 1.82) is 0 Å². The molecule has 0 saturated carbocycles. The zero-order valence-corrected chi connectivity index (χ0v) is 8.79. The molecule has 0 fully saturated rings. The molecule has 0 aliphatic rings. The molecule has 1 aromatic carbocycles. The van der Waals surface area contributed by atoms with Gasteiger partial charge in [-0.1, -0.05) is 30.3 Å². The average molecular weight is 223 g/mol. The van der Waals surface area contributed by atoms with Crippen molar-refractivity contribution >= 4 is 11.9 Å². The van der Waals surface area contributed by atoms with Crippen molar-refractivity contribution in [2.24, 2.45) is 5.73 Å². The molecule has 1 rings (SSSR count). The van der Waals surface area contributed by atoms with E-state index in [-0.39, 0.29) is 0 Å². The lowest BCUT2D eigenvalue weighted by Gasteiger charge is -2.10. The maximum atomic E-state index is 11.3. The van der Waals surface area contributed by atoms with Crippen LogP contribution in [0.4, 0.5) is 0 Å². The summed E-state index contributed by atoms with van der Waals surface area (Å²) in [5.74, 6) is -1.88. The first kappa shape index (κ1) is 12.4. The molecule has 0 saturated heterocycles. The van der Waals surface area contributed by atoms with E-state index in [4.69, 9.17) is 5.73 Å². The van der Waals surface area contributed by atoms with Gasteiger partial charge >= 0.3 is 11.9 Å². The number of aliphatic hydroxyl groups excluding tert-OH is 1. The van der Waals surface area contributed by atoms with Crippen molar-refractivity contribution in [3.8, 4) is 0 Å². The van der Waals surface area contributed by atoms with E-state index in [1.54, 1.807) is 30.3 Å². The lowest BCUT2D eigenvalue weighted by Crippen LogP contribution is -2.32. The maximum Gasteiger partial charge on any atom is 0.347 e. The normalized spacial score (nSPS) is 13.9. The van der Waals surface area contributed by atoms with Crippen molar-refractivity contribution in [2.45, 2.75) is 19.1 Å². The van der Waals surface area contributed by atoms with E-state index in [0.717, 1.165) is 0 Å². The van der Waals surface area contributed by atoms with Crippen LogP contribution < -0.4 is 5.73 Å². The number of carbonyl (C=O) groups is 2. The lowest BCUT2D eigenvalue weighted by atomic mass is 10.1. The van der Waals surface area contributed by atoms with Crippen LogP contribution in [0.15, 0.2) is 30.3 Å². The van der Waals surface area contributed by atoms with Gasteiger partial charge in [-0.25, -0.2) is 9.59 Å². The molecule has 5 nitrogen and oxygen atoms in total. The Morgan fingerprint density at radius 3 is 2.31 bits per heavy atom. The second kappa shape index (κ2) is 5.39. The molecule has 0 aliphatic carbocycles. The van der Waals surface area contributed by atoms with E-state index in [1.807, 2.05) is 0 Å². The van der Waals surface area contributed by atoms with Gasteiger partial charge in [0.1, 0.15) is 6.04 Å². The average Bonchev–Trinajstić information content (AvgIpc) is 2.28. The molecule has 0 aliphatic heterocycles. The van der Waals surface area contributed by atoms with Gasteiger partial charge in [-0.05, 0) is 12.5 Å². The van der Waals surface area contributed by atoms with Crippen molar-refractivity contribution in [3.63, 3.8) is 0 Å². The van der Waals surface area contributed by atoms with E-state index in [0.29, 0.717) is 5.56 Å². The number of carbonyl (C=O) groups excluding carboxylic acids is 2. The van der Waals surface area contributed by atoms with Crippen LogP contribution in [0.5, 0.6) is 0 Å². The topological polar surface area (TPSA) is 89.6 Å². The summed E-state index contributed by atoms with van der Waals surface area (Å²) >= 11 is 0. The lowest BCUT2D eigenvalue weighted by molar-refractivity contribution is -0.166. The fourth-order valence-corrected chi connectivity index (χ4v) is 1.02. The molecule has 2 atom stereocenters. The molecular formula is C11H13NO4. The molecule has 0 amide bonds. The zero-order chi connectivity index (χ0) is 12.1. The fourth-order valence-electron chi connectivity index (χ4n) is 1.02. The van der Waals surface area contributed by atoms with E-state index >= 15 is 0 Å². The van der Waals surface area contributed by atoms with Crippen molar-refractivity contribution < 1.29 is 19.4 Å². The summed E-state index contributed by atoms with van der Waals surface area (Å²) in [4.78, 5) is 22.3. The van der Waals surface area contributed by atoms with Crippen LogP contribution in [0, 0.1) is 0 Å². The minimum absolute atomic E-state index is 0.366. The monoisotopic (exact) mass is 223 g/mol. The van der Waals surface area contributed by atoms with E-state index in [1.165, 1.54) is 6.92 Å². The number of ether oxygens (including phenoxy) is 1. The zero-order valence-electron chi connectivity index (χ0n) is 8.79. The Labute approximate surface area is 92.8 Å². The van der Waals surface area contributed by atoms with Gasteiger partial charge in [0, 0.05) is 0 Å². The highest BCUT2D eigenvalue weighted by Gasteiger charge is 2.23. The SMILES string of the molecule is C[C@H](N)C(=O)OC(=O)[C@H](O)c1ccccc1. The molecule has 86 valence electrons. The van der Waals surface area contributed by atoms with Gasteiger partial charge < -0.3 is 15.6 Å². The van der Waals surface area contributed by atoms with Crippen LogP contribution in [0.3, 0.4) is 0 Å². The van der Waals surface area contributed by atoms with E-state index in [2.05, 4.69) is 4.74 Å². The van der Waals surface area contributed by atoms with Crippen molar-refractivity contribution in [2.75, 3.05) is 0 Å². The standard InChI is InChI=1S/C11H13NO4/c1-7(12)10(14)16-11(15)9(13)8-5-3-2-4-6-8/h2-7,9,13H,12H2,1H3/t7-,9+/m0/s1. The largest absolute Gasteiger partial charge is 0.390 e. The molecule has 0 unspecified atom stereocenters. The van der Waals surface area contributed by atoms with Gasteiger partial charge in [-0.3, -0.25) is 0 Å². The number of hydrogen-bond donors (Lipinski definition) is 2. The first-order chi connectivity index (χ1) is 7.52. The maximum absolute atomic E-state index is 11.3. The van der Waals surface area contributed by atoms with Crippen LogP contribution >= 0.6 is 0 Å². The van der Waals surface area contributed by atoms with E-state index < -0.39 is 24.1 Å². The predicted octanol–water partition coefficient (Wildman–Crippen LogP) is 0.137. The smallest absolute Gasteiger partial charge is 0.347 e. The van der Waals surface area contributed by atoms with Gasteiger partial charge in [0.15, 0.2) is 6.10 Å². The van der Waals surface area contributed by atoms with Gasteiger partial charge in [-0.15, -0.1) is 0 Å². The quantitative estimate of drug-likeness (QED) is 0.562. The summed E-state index contributed by atoms with van der Waals surface area (Å²) in [7, 11) is 0. The second-order valence-electron chi connectivity index (χ2n) is 3.34. The molecule has 16 heavy (non-hydrogen) atoms.